The summed E-state index contributed by atoms with van der Waals surface area (Å²) in [5.41, 5.74) is 5.08. The third kappa shape index (κ3) is 2.92. The molecule has 11 nitrogen and oxygen atoms in total. The molecular formula is C11H18N6O5. The highest BCUT2D eigenvalue weighted by Gasteiger charge is 2.44. The summed E-state index contributed by atoms with van der Waals surface area (Å²) in [6.07, 6.45) is -3.46. The number of hydrogen-bond acceptors (Lipinski definition) is 8. The van der Waals surface area contributed by atoms with Crippen molar-refractivity contribution in [1.82, 2.24) is 14.6 Å². The molecule has 4 atom stereocenters. The fourth-order valence-corrected chi connectivity index (χ4v) is 2.06. The summed E-state index contributed by atoms with van der Waals surface area (Å²) in [4.78, 5) is 15.2. The van der Waals surface area contributed by atoms with Gasteiger partial charge in [-0.25, -0.2) is 4.98 Å². The second kappa shape index (κ2) is 6.36. The van der Waals surface area contributed by atoms with Gasteiger partial charge in [0.2, 0.25) is 0 Å². The lowest BCUT2D eigenvalue weighted by Gasteiger charge is -2.17. The van der Waals surface area contributed by atoms with Crippen LogP contribution >= 0.6 is 0 Å². The van der Waals surface area contributed by atoms with Gasteiger partial charge in [0.25, 0.3) is 5.91 Å². The van der Waals surface area contributed by atoms with E-state index >= 15 is 0 Å². The first kappa shape index (κ1) is 16.3. The van der Waals surface area contributed by atoms with Gasteiger partial charge in [-0.05, 0) is 0 Å². The topological polar surface area (TPSA) is 159 Å². The Morgan fingerprint density at radius 3 is 2.68 bits per heavy atom. The Balaban J connectivity index is 2.41. The van der Waals surface area contributed by atoms with E-state index in [2.05, 4.69) is 15.3 Å². The van der Waals surface area contributed by atoms with E-state index in [1.54, 1.807) is 14.1 Å². The number of imidazole rings is 1. The van der Waals surface area contributed by atoms with Crippen molar-refractivity contribution in [3.05, 3.63) is 12.0 Å². The Bertz CT molecular complexity index is 573. The van der Waals surface area contributed by atoms with Crippen LogP contribution in [-0.2, 0) is 4.74 Å². The average molecular weight is 314 g/mol. The average Bonchev–Trinajstić information content (AvgIpc) is 2.99. The highest BCUT2D eigenvalue weighted by molar-refractivity contribution is 5.95. The standard InChI is InChI=1S/C11H18N6O5/c1-16(2)15-14-10-6(9(12)21)13-4-17(10)11-8(20)7(19)5(3-18)22-11/h4-5,7-8,11,18-20H,3H2,1-2H3,(H2,12,21)/b15-14+. The van der Waals surface area contributed by atoms with Crippen molar-refractivity contribution < 1.29 is 24.9 Å². The Morgan fingerprint density at radius 2 is 2.18 bits per heavy atom. The van der Waals surface area contributed by atoms with Crippen molar-refractivity contribution in [3.63, 3.8) is 0 Å². The number of nitrogens with two attached hydrogens (primary N) is 1. The summed E-state index contributed by atoms with van der Waals surface area (Å²) < 4.78 is 6.60. The van der Waals surface area contributed by atoms with Crippen molar-refractivity contribution in [2.75, 3.05) is 20.7 Å². The van der Waals surface area contributed by atoms with Crippen LogP contribution in [0.5, 0.6) is 0 Å². The predicted molar refractivity (Wildman–Crippen MR) is 72.0 cm³/mol. The first-order chi connectivity index (χ1) is 10.4. The summed E-state index contributed by atoms with van der Waals surface area (Å²) in [6, 6.07) is 0. The molecule has 22 heavy (non-hydrogen) atoms. The van der Waals surface area contributed by atoms with Crippen molar-refractivity contribution in [1.29, 1.82) is 0 Å². The molecule has 1 aliphatic heterocycles. The fourth-order valence-electron chi connectivity index (χ4n) is 2.06. The molecule has 1 aromatic rings. The molecule has 0 bridgehead atoms. The van der Waals surface area contributed by atoms with Crippen molar-refractivity contribution in [2.45, 2.75) is 24.5 Å². The minimum absolute atomic E-state index is 0.0176. The van der Waals surface area contributed by atoms with Crippen LogP contribution in [0.15, 0.2) is 16.7 Å². The first-order valence-corrected chi connectivity index (χ1v) is 6.44. The predicted octanol–water partition coefficient (Wildman–Crippen LogP) is -1.85. The summed E-state index contributed by atoms with van der Waals surface area (Å²) in [7, 11) is 3.25. The highest BCUT2D eigenvalue weighted by atomic mass is 16.6. The van der Waals surface area contributed by atoms with Crippen LogP contribution in [0.4, 0.5) is 5.82 Å². The number of ether oxygens (including phenoxy) is 1. The van der Waals surface area contributed by atoms with Gasteiger partial charge in [-0.2, -0.15) is 0 Å². The van der Waals surface area contributed by atoms with E-state index in [-0.39, 0.29) is 11.5 Å². The van der Waals surface area contributed by atoms with Crippen molar-refractivity contribution >= 4 is 11.7 Å². The number of aliphatic hydroxyl groups excluding tert-OH is 3. The lowest BCUT2D eigenvalue weighted by Crippen LogP contribution is -2.33. The Morgan fingerprint density at radius 1 is 1.50 bits per heavy atom. The Kier molecular flexibility index (Phi) is 4.71. The largest absolute Gasteiger partial charge is 0.394 e. The number of hydrogen-bond donors (Lipinski definition) is 4. The van der Waals surface area contributed by atoms with Crippen LogP contribution < -0.4 is 5.73 Å². The van der Waals surface area contributed by atoms with E-state index in [4.69, 9.17) is 15.6 Å². The summed E-state index contributed by atoms with van der Waals surface area (Å²) in [5.74, 6) is -0.839. The van der Waals surface area contributed by atoms with E-state index in [1.807, 2.05) is 0 Å². The SMILES string of the molecule is CN(C)/N=N/c1c(C(N)=O)ncn1C1OC(CO)C(O)C1O. The zero-order valence-electron chi connectivity index (χ0n) is 12.1. The molecule has 1 amide bonds. The lowest BCUT2D eigenvalue weighted by molar-refractivity contribution is -0.0520. The maximum Gasteiger partial charge on any atom is 0.271 e. The molecule has 1 saturated heterocycles. The van der Waals surface area contributed by atoms with Gasteiger partial charge < -0.3 is 25.8 Å². The molecule has 0 radical (unpaired) electrons. The lowest BCUT2D eigenvalue weighted by atomic mass is 10.1. The fraction of sp³-hybridized carbons (Fsp3) is 0.636. The molecule has 2 rings (SSSR count). The third-order valence-electron chi connectivity index (χ3n) is 3.11. The Hall–Kier alpha value is -2.08. The van der Waals surface area contributed by atoms with Gasteiger partial charge in [-0.3, -0.25) is 14.4 Å². The van der Waals surface area contributed by atoms with Crippen LogP contribution in [0.25, 0.3) is 0 Å². The maximum absolute atomic E-state index is 11.4. The molecular weight excluding hydrogens is 296 g/mol. The quantitative estimate of drug-likeness (QED) is 0.367. The summed E-state index contributed by atoms with van der Waals surface area (Å²) in [5, 5.41) is 37.9. The van der Waals surface area contributed by atoms with Gasteiger partial charge in [0.05, 0.1) is 12.9 Å². The van der Waals surface area contributed by atoms with E-state index in [1.165, 1.54) is 15.9 Å². The molecule has 1 aromatic heterocycles. The summed E-state index contributed by atoms with van der Waals surface area (Å²) >= 11 is 0. The monoisotopic (exact) mass is 314 g/mol. The zero-order valence-corrected chi connectivity index (χ0v) is 12.1. The van der Waals surface area contributed by atoms with Crippen LogP contribution in [0.3, 0.4) is 0 Å². The van der Waals surface area contributed by atoms with Gasteiger partial charge in [0, 0.05) is 14.1 Å². The smallest absolute Gasteiger partial charge is 0.271 e. The van der Waals surface area contributed by atoms with Crippen molar-refractivity contribution in [2.24, 2.45) is 16.1 Å². The molecule has 2 heterocycles. The molecule has 0 spiro atoms. The first-order valence-electron chi connectivity index (χ1n) is 6.44. The molecule has 4 unspecified atom stereocenters. The second-order valence-electron chi connectivity index (χ2n) is 4.95. The molecule has 1 fully saturated rings. The molecule has 122 valence electrons. The minimum atomic E-state index is -1.33. The van der Waals surface area contributed by atoms with Crippen LogP contribution in [0.1, 0.15) is 16.7 Å². The number of rotatable bonds is 5. The highest BCUT2D eigenvalue weighted by Crippen LogP contribution is 2.33. The number of aliphatic hydroxyl groups is 3. The number of amides is 1. The molecule has 0 aromatic carbocycles. The van der Waals surface area contributed by atoms with E-state index < -0.39 is 37.1 Å². The number of primary amides is 1. The van der Waals surface area contributed by atoms with E-state index in [9.17, 15) is 15.0 Å². The number of carbonyl (C=O) groups is 1. The van der Waals surface area contributed by atoms with Crippen LogP contribution in [0, 0.1) is 0 Å². The summed E-state index contributed by atoms with van der Waals surface area (Å²) in [6.45, 7) is -0.472. The maximum atomic E-state index is 11.4. The van der Waals surface area contributed by atoms with E-state index in [0.717, 1.165) is 0 Å². The van der Waals surface area contributed by atoms with Crippen molar-refractivity contribution in [3.8, 4) is 0 Å². The van der Waals surface area contributed by atoms with E-state index in [0.29, 0.717) is 0 Å². The number of nitrogens with zero attached hydrogens (tertiary/aromatic N) is 5. The number of carbonyl (C=O) groups excluding carboxylic acids is 1. The molecule has 0 saturated carbocycles. The van der Waals surface area contributed by atoms with Gasteiger partial charge in [-0.1, -0.05) is 5.22 Å². The molecule has 11 heteroatoms. The zero-order chi connectivity index (χ0) is 16.4. The third-order valence-corrected chi connectivity index (χ3v) is 3.11. The second-order valence-corrected chi connectivity index (χ2v) is 4.95. The normalized spacial score (nSPS) is 28.4. The van der Waals surface area contributed by atoms with Gasteiger partial charge >= 0.3 is 0 Å². The Labute approximate surface area is 125 Å². The number of aromatic nitrogens is 2. The molecule has 5 N–H and O–H groups in total. The van der Waals surface area contributed by atoms with Crippen LogP contribution in [-0.4, -0.2) is 74.8 Å². The molecule has 0 aliphatic carbocycles. The minimum Gasteiger partial charge on any atom is -0.394 e. The molecule has 1 aliphatic rings. The van der Waals surface area contributed by atoms with Gasteiger partial charge in [-0.15, -0.1) is 5.11 Å². The van der Waals surface area contributed by atoms with Gasteiger partial charge in [0.1, 0.15) is 18.3 Å². The van der Waals surface area contributed by atoms with Crippen LogP contribution in [0.2, 0.25) is 0 Å². The van der Waals surface area contributed by atoms with Gasteiger partial charge in [0.15, 0.2) is 17.7 Å².